The summed E-state index contributed by atoms with van der Waals surface area (Å²) in [5, 5.41) is 0. The number of carbonyl (C=O) groups is 1. The van der Waals surface area contributed by atoms with E-state index in [2.05, 4.69) is 0 Å². The van der Waals surface area contributed by atoms with Gasteiger partial charge in [-0.15, -0.1) is 0 Å². The van der Waals surface area contributed by atoms with Crippen LogP contribution < -0.4 is 0 Å². The number of nitrogens with zero attached hydrogens (tertiary/aromatic N) is 1. The Kier molecular flexibility index (Phi) is 3.56. The van der Waals surface area contributed by atoms with E-state index in [1.54, 1.807) is 6.92 Å². The van der Waals surface area contributed by atoms with Gasteiger partial charge in [-0.2, -0.15) is 0 Å². The molecule has 1 rings (SSSR count). The van der Waals surface area contributed by atoms with Crippen LogP contribution in [0.1, 0.15) is 12.5 Å². The van der Waals surface area contributed by atoms with Crippen LogP contribution in [0.25, 0.3) is 0 Å². The van der Waals surface area contributed by atoms with Crippen molar-refractivity contribution in [2.75, 3.05) is 6.54 Å². The summed E-state index contributed by atoms with van der Waals surface area (Å²) >= 11 is 0. The van der Waals surface area contributed by atoms with E-state index in [9.17, 15) is 13.6 Å². The molecule has 14 heavy (non-hydrogen) atoms. The van der Waals surface area contributed by atoms with Crippen LogP contribution in [-0.4, -0.2) is 17.9 Å². The molecule has 0 aliphatic heterocycles. The minimum atomic E-state index is -0.497. The van der Waals surface area contributed by atoms with Gasteiger partial charge in [0.25, 0.3) is 0 Å². The Bertz CT molecular complexity index is 328. The smallest absolute Gasteiger partial charge is 0.209 e. The summed E-state index contributed by atoms with van der Waals surface area (Å²) in [5.41, 5.74) is 0.193. The number of hydrogen-bond donors (Lipinski definition) is 0. The van der Waals surface area contributed by atoms with Gasteiger partial charge in [0.05, 0.1) is 0 Å². The molecule has 0 N–H and O–H groups in total. The van der Waals surface area contributed by atoms with Gasteiger partial charge in [0, 0.05) is 18.7 Å². The zero-order valence-corrected chi connectivity index (χ0v) is 7.84. The van der Waals surface area contributed by atoms with E-state index in [0.717, 1.165) is 18.2 Å². The Balaban J connectivity index is 2.84. The van der Waals surface area contributed by atoms with Gasteiger partial charge in [-0.25, -0.2) is 8.78 Å². The number of halogens is 2. The highest BCUT2D eigenvalue weighted by molar-refractivity contribution is 5.47. The quantitative estimate of drug-likeness (QED) is 0.678. The van der Waals surface area contributed by atoms with E-state index in [0.29, 0.717) is 13.0 Å². The van der Waals surface area contributed by atoms with E-state index >= 15 is 0 Å². The molecule has 0 aliphatic carbocycles. The van der Waals surface area contributed by atoms with E-state index in [1.807, 2.05) is 0 Å². The highest BCUT2D eigenvalue weighted by Gasteiger charge is 2.06. The van der Waals surface area contributed by atoms with E-state index in [-0.39, 0.29) is 12.1 Å². The molecule has 4 heteroatoms. The van der Waals surface area contributed by atoms with E-state index < -0.39 is 11.6 Å². The van der Waals surface area contributed by atoms with E-state index in [4.69, 9.17) is 0 Å². The summed E-state index contributed by atoms with van der Waals surface area (Å²) in [4.78, 5) is 11.8. The average molecular weight is 199 g/mol. The Hall–Kier alpha value is -1.45. The third-order valence-corrected chi connectivity index (χ3v) is 1.94. The molecule has 1 aromatic carbocycles. The third-order valence-electron chi connectivity index (χ3n) is 1.94. The molecule has 0 aliphatic rings. The first-order chi connectivity index (χ1) is 6.67. The van der Waals surface area contributed by atoms with Crippen molar-refractivity contribution < 1.29 is 13.6 Å². The maximum Gasteiger partial charge on any atom is 0.209 e. The van der Waals surface area contributed by atoms with Crippen molar-refractivity contribution in [1.29, 1.82) is 0 Å². The molecule has 0 bridgehead atoms. The van der Waals surface area contributed by atoms with Crippen molar-refractivity contribution in [1.82, 2.24) is 4.90 Å². The topological polar surface area (TPSA) is 20.3 Å². The fourth-order valence-electron chi connectivity index (χ4n) is 1.11. The zero-order valence-electron chi connectivity index (χ0n) is 7.84. The SMILES string of the molecule is CCN(C=O)Cc1cc(F)ccc1F. The molecule has 1 aromatic rings. The fraction of sp³-hybridized carbons (Fsp3) is 0.300. The summed E-state index contributed by atoms with van der Waals surface area (Å²) in [6.07, 6.45) is 0.615. The lowest BCUT2D eigenvalue weighted by Gasteiger charge is -2.14. The second-order valence-electron chi connectivity index (χ2n) is 2.90. The molecule has 2 nitrogen and oxygen atoms in total. The molecular weight excluding hydrogens is 188 g/mol. The number of rotatable bonds is 4. The number of benzene rings is 1. The van der Waals surface area contributed by atoms with Gasteiger partial charge in [0.15, 0.2) is 0 Å². The second kappa shape index (κ2) is 4.69. The molecule has 0 aromatic heterocycles. The minimum absolute atomic E-state index is 0.101. The summed E-state index contributed by atoms with van der Waals surface area (Å²) in [5.74, 6) is -0.991. The molecule has 0 atom stereocenters. The van der Waals surface area contributed by atoms with Crippen molar-refractivity contribution in [3.63, 3.8) is 0 Å². The van der Waals surface area contributed by atoms with Gasteiger partial charge < -0.3 is 4.90 Å². The normalized spacial score (nSPS) is 9.93. The highest BCUT2D eigenvalue weighted by Crippen LogP contribution is 2.11. The summed E-state index contributed by atoms with van der Waals surface area (Å²) < 4.78 is 25.8. The largest absolute Gasteiger partial charge is 0.341 e. The first kappa shape index (κ1) is 10.6. The third kappa shape index (κ3) is 2.52. The maximum atomic E-state index is 13.1. The van der Waals surface area contributed by atoms with Crippen molar-refractivity contribution >= 4 is 6.41 Å². The van der Waals surface area contributed by atoms with Crippen LogP contribution in [0.4, 0.5) is 8.78 Å². The Morgan fingerprint density at radius 1 is 1.43 bits per heavy atom. The standard InChI is InChI=1S/C10H11F2NO/c1-2-13(7-14)6-8-5-9(11)3-4-10(8)12/h3-5,7H,2,6H2,1H3. The van der Waals surface area contributed by atoms with Crippen molar-refractivity contribution in [3.05, 3.63) is 35.4 Å². The van der Waals surface area contributed by atoms with Crippen molar-refractivity contribution in [2.45, 2.75) is 13.5 Å². The molecule has 0 spiro atoms. The molecule has 0 radical (unpaired) electrons. The van der Waals surface area contributed by atoms with Crippen molar-refractivity contribution in [2.24, 2.45) is 0 Å². The van der Waals surface area contributed by atoms with Crippen LogP contribution >= 0.6 is 0 Å². The predicted molar refractivity (Wildman–Crippen MR) is 48.5 cm³/mol. The van der Waals surface area contributed by atoms with Crippen LogP contribution in [0.15, 0.2) is 18.2 Å². The lowest BCUT2D eigenvalue weighted by molar-refractivity contribution is -0.118. The van der Waals surface area contributed by atoms with Gasteiger partial charge in [-0.1, -0.05) is 0 Å². The molecule has 76 valence electrons. The van der Waals surface area contributed by atoms with Crippen LogP contribution in [0.5, 0.6) is 0 Å². The molecule has 0 fully saturated rings. The summed E-state index contributed by atoms with van der Waals surface area (Å²) in [7, 11) is 0. The molecule has 0 saturated heterocycles. The van der Waals surface area contributed by atoms with E-state index in [1.165, 1.54) is 4.90 Å². The van der Waals surface area contributed by atoms with Crippen LogP contribution in [0, 0.1) is 11.6 Å². The molecular formula is C10H11F2NO. The van der Waals surface area contributed by atoms with Crippen molar-refractivity contribution in [3.8, 4) is 0 Å². The van der Waals surface area contributed by atoms with Gasteiger partial charge in [-0.3, -0.25) is 4.79 Å². The zero-order chi connectivity index (χ0) is 10.6. The number of carbonyl (C=O) groups excluding carboxylic acids is 1. The monoisotopic (exact) mass is 199 g/mol. The van der Waals surface area contributed by atoms with Gasteiger partial charge in [-0.05, 0) is 25.1 Å². The molecule has 0 heterocycles. The first-order valence-electron chi connectivity index (χ1n) is 4.30. The molecule has 1 amide bonds. The highest BCUT2D eigenvalue weighted by atomic mass is 19.1. The summed E-state index contributed by atoms with van der Waals surface area (Å²) in [6.45, 7) is 2.34. The minimum Gasteiger partial charge on any atom is -0.341 e. The molecule has 0 unspecified atom stereocenters. The predicted octanol–water partition coefficient (Wildman–Crippen LogP) is 1.94. The number of amides is 1. The number of hydrogen-bond acceptors (Lipinski definition) is 1. The molecule has 0 saturated carbocycles. The average Bonchev–Trinajstić information content (AvgIpc) is 2.19. The second-order valence-corrected chi connectivity index (χ2v) is 2.90. The fourth-order valence-corrected chi connectivity index (χ4v) is 1.11. The van der Waals surface area contributed by atoms with Gasteiger partial charge in [0.2, 0.25) is 6.41 Å². The van der Waals surface area contributed by atoms with Gasteiger partial charge >= 0.3 is 0 Å². The first-order valence-corrected chi connectivity index (χ1v) is 4.30. The maximum absolute atomic E-state index is 13.1. The Morgan fingerprint density at radius 3 is 2.71 bits per heavy atom. The lowest BCUT2D eigenvalue weighted by Crippen LogP contribution is -2.21. The van der Waals surface area contributed by atoms with Gasteiger partial charge in [0.1, 0.15) is 11.6 Å². The Labute approximate surface area is 81.1 Å². The Morgan fingerprint density at radius 2 is 2.14 bits per heavy atom. The van der Waals surface area contributed by atoms with Crippen LogP contribution in [0.3, 0.4) is 0 Å². The lowest BCUT2D eigenvalue weighted by atomic mass is 10.2. The van der Waals surface area contributed by atoms with Crippen LogP contribution in [-0.2, 0) is 11.3 Å². The summed E-state index contributed by atoms with van der Waals surface area (Å²) in [6, 6.07) is 3.21. The van der Waals surface area contributed by atoms with Crippen LogP contribution in [0.2, 0.25) is 0 Å².